The maximum absolute atomic E-state index is 11.8. The van der Waals surface area contributed by atoms with Crippen molar-refractivity contribution >= 4 is 22.6 Å². The average molecular weight is 306 g/mol. The van der Waals surface area contributed by atoms with E-state index < -0.39 is 0 Å². The van der Waals surface area contributed by atoms with Gasteiger partial charge in [-0.3, -0.25) is 4.79 Å². The number of hydrogen-bond donors (Lipinski definition) is 0. The van der Waals surface area contributed by atoms with Crippen molar-refractivity contribution in [3.8, 4) is 6.07 Å². The minimum absolute atomic E-state index is 0.0467. The van der Waals surface area contributed by atoms with E-state index in [0.29, 0.717) is 24.5 Å². The molecule has 0 saturated carbocycles. The zero-order chi connectivity index (χ0) is 16.2. The molecular weight excluding hydrogens is 288 g/mol. The predicted molar refractivity (Wildman–Crippen MR) is 89.9 cm³/mol. The standard InChI is InChI=1S/C19H18N2O2/c1-14(22)17-7-6-15(18-4-2-3-5-19(17)18)12-16(13-20)21-8-10-23-11-9-21/h2-7,12H,8-11H2,1H3/b16-12+. The van der Waals surface area contributed by atoms with Crippen molar-refractivity contribution in [2.45, 2.75) is 6.92 Å². The molecule has 116 valence electrons. The van der Waals surface area contributed by atoms with Gasteiger partial charge < -0.3 is 9.64 Å². The summed E-state index contributed by atoms with van der Waals surface area (Å²) in [6, 6.07) is 13.8. The normalized spacial score (nSPS) is 15.5. The van der Waals surface area contributed by atoms with Crippen molar-refractivity contribution in [2.75, 3.05) is 26.3 Å². The van der Waals surface area contributed by atoms with Crippen LogP contribution in [0.1, 0.15) is 22.8 Å². The van der Waals surface area contributed by atoms with E-state index in [2.05, 4.69) is 6.07 Å². The minimum Gasteiger partial charge on any atom is -0.378 e. The van der Waals surface area contributed by atoms with E-state index in [-0.39, 0.29) is 5.78 Å². The first-order chi connectivity index (χ1) is 11.2. The van der Waals surface area contributed by atoms with E-state index in [1.165, 1.54) is 0 Å². The largest absolute Gasteiger partial charge is 0.378 e. The quantitative estimate of drug-likeness (QED) is 0.645. The molecule has 4 heteroatoms. The first-order valence-corrected chi connectivity index (χ1v) is 7.68. The molecule has 1 aliphatic heterocycles. The summed E-state index contributed by atoms with van der Waals surface area (Å²) in [5.41, 5.74) is 2.30. The summed E-state index contributed by atoms with van der Waals surface area (Å²) in [5.74, 6) is 0.0467. The first-order valence-electron chi connectivity index (χ1n) is 7.68. The third-order valence-corrected chi connectivity index (χ3v) is 4.10. The van der Waals surface area contributed by atoms with Crippen LogP contribution in [0.2, 0.25) is 0 Å². The molecule has 0 aromatic heterocycles. The van der Waals surface area contributed by atoms with Gasteiger partial charge >= 0.3 is 0 Å². The molecule has 4 nitrogen and oxygen atoms in total. The zero-order valence-electron chi connectivity index (χ0n) is 13.1. The van der Waals surface area contributed by atoms with E-state index >= 15 is 0 Å². The van der Waals surface area contributed by atoms with E-state index in [0.717, 1.165) is 29.4 Å². The highest BCUT2D eigenvalue weighted by Crippen LogP contribution is 2.25. The van der Waals surface area contributed by atoms with Gasteiger partial charge in [0.2, 0.25) is 0 Å². The number of Topliss-reactive ketones (excluding diaryl/α,β-unsaturated/α-hetero) is 1. The molecule has 0 unspecified atom stereocenters. The Morgan fingerprint density at radius 3 is 2.52 bits per heavy atom. The molecule has 0 amide bonds. The Morgan fingerprint density at radius 1 is 1.17 bits per heavy atom. The highest BCUT2D eigenvalue weighted by Gasteiger charge is 2.14. The molecule has 0 radical (unpaired) electrons. The summed E-state index contributed by atoms with van der Waals surface area (Å²) in [4.78, 5) is 13.8. The average Bonchev–Trinajstić information content (AvgIpc) is 2.60. The van der Waals surface area contributed by atoms with Gasteiger partial charge in [0.05, 0.1) is 13.2 Å². The number of nitrogens with zero attached hydrogens (tertiary/aromatic N) is 2. The molecular formula is C19H18N2O2. The van der Waals surface area contributed by atoms with Crippen LogP contribution in [-0.4, -0.2) is 37.0 Å². The summed E-state index contributed by atoms with van der Waals surface area (Å²) in [7, 11) is 0. The fourth-order valence-corrected chi connectivity index (χ4v) is 2.90. The van der Waals surface area contributed by atoms with Gasteiger partial charge in [0.1, 0.15) is 11.8 Å². The van der Waals surface area contributed by atoms with Gasteiger partial charge in [0.15, 0.2) is 5.78 Å². The predicted octanol–water partition coefficient (Wildman–Crippen LogP) is 3.24. The lowest BCUT2D eigenvalue weighted by molar-refractivity contribution is 0.0562. The number of benzene rings is 2. The molecule has 1 heterocycles. The van der Waals surface area contributed by atoms with E-state index in [9.17, 15) is 10.1 Å². The van der Waals surface area contributed by atoms with Crippen LogP contribution in [0.15, 0.2) is 42.1 Å². The molecule has 0 N–H and O–H groups in total. The molecule has 2 aromatic rings. The van der Waals surface area contributed by atoms with Gasteiger partial charge in [0, 0.05) is 18.7 Å². The Kier molecular flexibility index (Phi) is 4.40. The number of allylic oxidation sites excluding steroid dienone is 1. The minimum atomic E-state index is 0.0467. The van der Waals surface area contributed by atoms with Crippen LogP contribution in [0.5, 0.6) is 0 Å². The Hall–Kier alpha value is -2.64. The number of hydrogen-bond acceptors (Lipinski definition) is 4. The maximum atomic E-state index is 11.8. The second kappa shape index (κ2) is 6.64. The number of carbonyl (C=O) groups excluding carboxylic acids is 1. The van der Waals surface area contributed by atoms with Crippen LogP contribution >= 0.6 is 0 Å². The Balaban J connectivity index is 2.09. The molecule has 23 heavy (non-hydrogen) atoms. The monoisotopic (exact) mass is 306 g/mol. The molecule has 0 spiro atoms. The van der Waals surface area contributed by atoms with Crippen molar-refractivity contribution in [3.05, 3.63) is 53.2 Å². The van der Waals surface area contributed by atoms with Crippen molar-refractivity contribution < 1.29 is 9.53 Å². The number of rotatable bonds is 3. The number of ether oxygens (including phenoxy) is 1. The molecule has 1 aliphatic rings. The zero-order valence-corrected chi connectivity index (χ0v) is 13.1. The van der Waals surface area contributed by atoms with Crippen LogP contribution in [0, 0.1) is 11.3 Å². The third kappa shape index (κ3) is 3.10. The van der Waals surface area contributed by atoms with Gasteiger partial charge in [0.25, 0.3) is 0 Å². The highest BCUT2D eigenvalue weighted by atomic mass is 16.5. The van der Waals surface area contributed by atoms with Crippen molar-refractivity contribution in [2.24, 2.45) is 0 Å². The smallest absolute Gasteiger partial charge is 0.160 e. The molecule has 1 fully saturated rings. The second-order valence-corrected chi connectivity index (χ2v) is 5.54. The van der Waals surface area contributed by atoms with Gasteiger partial charge in [-0.25, -0.2) is 0 Å². The molecule has 2 aromatic carbocycles. The lowest BCUT2D eigenvalue weighted by atomic mass is 9.97. The van der Waals surface area contributed by atoms with Gasteiger partial charge in [-0.1, -0.05) is 36.4 Å². The SMILES string of the molecule is CC(=O)c1ccc(/C=C(\C#N)N2CCOCC2)c2ccccc12. The fraction of sp³-hybridized carbons (Fsp3) is 0.263. The van der Waals surface area contributed by atoms with Crippen LogP contribution in [-0.2, 0) is 4.74 Å². The third-order valence-electron chi connectivity index (χ3n) is 4.10. The summed E-state index contributed by atoms with van der Waals surface area (Å²) in [6.45, 7) is 4.31. The summed E-state index contributed by atoms with van der Waals surface area (Å²) >= 11 is 0. The number of nitriles is 1. The maximum Gasteiger partial charge on any atom is 0.160 e. The van der Waals surface area contributed by atoms with Gasteiger partial charge in [-0.05, 0) is 29.3 Å². The van der Waals surface area contributed by atoms with Crippen molar-refractivity contribution in [1.29, 1.82) is 5.26 Å². The molecule has 0 aliphatic carbocycles. The lowest BCUT2D eigenvalue weighted by Crippen LogP contribution is -2.35. The number of fused-ring (bicyclic) bond motifs is 1. The van der Waals surface area contributed by atoms with E-state index in [1.54, 1.807) is 6.92 Å². The Labute approximate surface area is 135 Å². The molecule has 0 bridgehead atoms. The molecule has 3 rings (SSSR count). The van der Waals surface area contributed by atoms with E-state index in [1.807, 2.05) is 47.4 Å². The topological polar surface area (TPSA) is 53.3 Å². The summed E-state index contributed by atoms with van der Waals surface area (Å²) in [6.07, 6.45) is 1.90. The van der Waals surface area contributed by atoms with E-state index in [4.69, 9.17) is 4.74 Å². The molecule has 1 saturated heterocycles. The molecule has 0 atom stereocenters. The number of ketones is 1. The second-order valence-electron chi connectivity index (χ2n) is 5.54. The summed E-state index contributed by atoms with van der Waals surface area (Å²) in [5, 5.41) is 11.4. The number of morpholine rings is 1. The Morgan fingerprint density at radius 2 is 1.87 bits per heavy atom. The number of carbonyl (C=O) groups is 1. The Bertz CT molecular complexity index is 812. The van der Waals surface area contributed by atoms with Crippen LogP contribution in [0.3, 0.4) is 0 Å². The van der Waals surface area contributed by atoms with Crippen LogP contribution < -0.4 is 0 Å². The summed E-state index contributed by atoms with van der Waals surface area (Å²) < 4.78 is 5.34. The van der Waals surface area contributed by atoms with Gasteiger partial charge in [-0.2, -0.15) is 5.26 Å². The highest BCUT2D eigenvalue weighted by molar-refractivity contribution is 6.09. The fourth-order valence-electron chi connectivity index (χ4n) is 2.90. The lowest BCUT2D eigenvalue weighted by Gasteiger charge is -2.27. The van der Waals surface area contributed by atoms with Crippen LogP contribution in [0.25, 0.3) is 16.8 Å². The van der Waals surface area contributed by atoms with Crippen LogP contribution in [0.4, 0.5) is 0 Å². The first kappa shape index (κ1) is 15.3. The van der Waals surface area contributed by atoms with Crippen molar-refractivity contribution in [1.82, 2.24) is 4.90 Å². The van der Waals surface area contributed by atoms with Crippen molar-refractivity contribution in [3.63, 3.8) is 0 Å². The van der Waals surface area contributed by atoms with Gasteiger partial charge in [-0.15, -0.1) is 0 Å².